The Morgan fingerprint density at radius 3 is 2.33 bits per heavy atom. The first-order chi connectivity index (χ1) is 12.7. The second kappa shape index (κ2) is 6.56. The molecule has 2 aromatic carbocycles. The summed E-state index contributed by atoms with van der Waals surface area (Å²) in [6.07, 6.45) is 0.0709. The third-order valence-corrected chi connectivity index (χ3v) is 4.29. The molecule has 0 aliphatic carbocycles. The van der Waals surface area contributed by atoms with Gasteiger partial charge < -0.3 is 29.9 Å². The number of phenols is 4. The number of aromatic hydroxyl groups is 4. The minimum absolute atomic E-state index is 0.0709. The summed E-state index contributed by atoms with van der Waals surface area (Å²) in [6.45, 7) is 1.58. The molecule has 0 fully saturated rings. The number of fused-ring (bicyclic) bond motifs is 1. The standard InChI is InChI=1S/C19H16O8/c1-2-10(19(25)26)15-17(24)16-13(23)6-9(20)7-14(16)27-18(15)8-3-4-11(21)12(22)5-8/h3-7,10,20-23H,2H2,1H3,(H,25,26). The predicted molar refractivity (Wildman–Crippen MR) is 95.2 cm³/mol. The lowest BCUT2D eigenvalue weighted by atomic mass is 9.91. The van der Waals surface area contributed by atoms with Crippen LogP contribution in [0, 0.1) is 0 Å². The average Bonchev–Trinajstić information content (AvgIpc) is 2.58. The van der Waals surface area contributed by atoms with Crippen LogP contribution in [0.4, 0.5) is 0 Å². The van der Waals surface area contributed by atoms with Crippen LogP contribution >= 0.6 is 0 Å². The summed E-state index contributed by atoms with van der Waals surface area (Å²) in [4.78, 5) is 24.7. The Bertz CT molecular complexity index is 1110. The van der Waals surface area contributed by atoms with E-state index in [0.29, 0.717) is 0 Å². The fourth-order valence-electron chi connectivity index (χ4n) is 3.00. The average molecular weight is 372 g/mol. The zero-order chi connectivity index (χ0) is 19.9. The Labute approximate surface area is 152 Å². The molecule has 1 unspecified atom stereocenters. The molecule has 27 heavy (non-hydrogen) atoms. The third kappa shape index (κ3) is 3.01. The summed E-state index contributed by atoms with van der Waals surface area (Å²) in [5.74, 6) is -4.40. The normalized spacial score (nSPS) is 12.2. The summed E-state index contributed by atoms with van der Waals surface area (Å²) in [6, 6.07) is 5.71. The van der Waals surface area contributed by atoms with E-state index in [1.165, 1.54) is 12.1 Å². The molecule has 1 atom stereocenters. The first-order valence-electron chi connectivity index (χ1n) is 8.02. The molecule has 8 heteroatoms. The highest BCUT2D eigenvalue weighted by atomic mass is 16.4. The minimum atomic E-state index is -1.26. The molecule has 0 saturated heterocycles. The van der Waals surface area contributed by atoms with Gasteiger partial charge in [-0.25, -0.2) is 0 Å². The van der Waals surface area contributed by atoms with Crippen LogP contribution in [0.15, 0.2) is 39.5 Å². The molecule has 0 aliphatic heterocycles. The molecule has 0 amide bonds. The van der Waals surface area contributed by atoms with Crippen molar-refractivity contribution in [1.82, 2.24) is 0 Å². The van der Waals surface area contributed by atoms with E-state index in [1.807, 2.05) is 0 Å². The van der Waals surface area contributed by atoms with Crippen LogP contribution < -0.4 is 5.43 Å². The highest BCUT2D eigenvalue weighted by Crippen LogP contribution is 2.38. The monoisotopic (exact) mass is 372 g/mol. The highest BCUT2D eigenvalue weighted by Gasteiger charge is 2.29. The third-order valence-electron chi connectivity index (χ3n) is 4.29. The van der Waals surface area contributed by atoms with Gasteiger partial charge in [0.25, 0.3) is 0 Å². The second-order valence-electron chi connectivity index (χ2n) is 6.01. The molecule has 3 aromatic rings. The van der Waals surface area contributed by atoms with E-state index in [0.717, 1.165) is 18.2 Å². The van der Waals surface area contributed by atoms with Crippen molar-refractivity contribution in [1.29, 1.82) is 0 Å². The maximum atomic E-state index is 13.0. The van der Waals surface area contributed by atoms with Gasteiger partial charge in [-0.3, -0.25) is 9.59 Å². The van der Waals surface area contributed by atoms with Gasteiger partial charge in [-0.2, -0.15) is 0 Å². The number of carbonyl (C=O) groups is 1. The van der Waals surface area contributed by atoms with Crippen molar-refractivity contribution >= 4 is 16.9 Å². The lowest BCUT2D eigenvalue weighted by Gasteiger charge is -2.16. The topological polar surface area (TPSA) is 148 Å². The van der Waals surface area contributed by atoms with E-state index in [-0.39, 0.29) is 40.0 Å². The molecule has 0 spiro atoms. The van der Waals surface area contributed by atoms with Gasteiger partial charge in [-0.05, 0) is 24.6 Å². The van der Waals surface area contributed by atoms with Crippen LogP contribution in [0.2, 0.25) is 0 Å². The number of benzene rings is 2. The van der Waals surface area contributed by atoms with Crippen molar-refractivity contribution in [3.05, 3.63) is 46.1 Å². The molecule has 8 nitrogen and oxygen atoms in total. The Kier molecular flexibility index (Phi) is 4.40. The van der Waals surface area contributed by atoms with Crippen LogP contribution in [-0.4, -0.2) is 31.5 Å². The zero-order valence-electron chi connectivity index (χ0n) is 14.1. The molecule has 140 valence electrons. The van der Waals surface area contributed by atoms with Crippen LogP contribution in [0.5, 0.6) is 23.0 Å². The number of carboxylic acid groups (broad SMARTS) is 1. The van der Waals surface area contributed by atoms with E-state index in [2.05, 4.69) is 0 Å². The van der Waals surface area contributed by atoms with Crippen LogP contribution in [-0.2, 0) is 4.79 Å². The predicted octanol–water partition coefficient (Wildman–Crippen LogP) is 2.86. The van der Waals surface area contributed by atoms with Gasteiger partial charge in [0.05, 0.1) is 11.5 Å². The largest absolute Gasteiger partial charge is 0.508 e. The Balaban J connectivity index is 2.47. The smallest absolute Gasteiger partial charge is 0.311 e. The lowest BCUT2D eigenvalue weighted by Crippen LogP contribution is -2.21. The number of hydrogen-bond acceptors (Lipinski definition) is 7. The highest BCUT2D eigenvalue weighted by molar-refractivity contribution is 5.89. The van der Waals surface area contributed by atoms with E-state index in [1.54, 1.807) is 6.92 Å². The van der Waals surface area contributed by atoms with Crippen LogP contribution in [0.3, 0.4) is 0 Å². The number of carboxylic acids is 1. The minimum Gasteiger partial charge on any atom is -0.508 e. The molecule has 0 saturated carbocycles. The summed E-state index contributed by atoms with van der Waals surface area (Å²) < 4.78 is 5.67. The van der Waals surface area contributed by atoms with Crippen LogP contribution in [0.25, 0.3) is 22.3 Å². The molecular weight excluding hydrogens is 356 g/mol. The maximum absolute atomic E-state index is 13.0. The first-order valence-corrected chi connectivity index (χ1v) is 8.02. The molecule has 1 heterocycles. The van der Waals surface area contributed by atoms with E-state index < -0.39 is 34.6 Å². The molecule has 5 N–H and O–H groups in total. The number of phenolic OH excluding ortho intramolecular Hbond substituents is 4. The van der Waals surface area contributed by atoms with Gasteiger partial charge in [0.1, 0.15) is 28.2 Å². The fourth-order valence-corrected chi connectivity index (χ4v) is 3.00. The quantitative estimate of drug-likeness (QED) is 0.439. The van der Waals surface area contributed by atoms with E-state index >= 15 is 0 Å². The molecule has 0 radical (unpaired) electrons. The molecule has 3 rings (SSSR count). The van der Waals surface area contributed by atoms with Crippen molar-refractivity contribution < 1.29 is 34.7 Å². The second-order valence-corrected chi connectivity index (χ2v) is 6.01. The van der Waals surface area contributed by atoms with Gasteiger partial charge in [-0.15, -0.1) is 0 Å². The van der Waals surface area contributed by atoms with Gasteiger partial charge in [0.2, 0.25) is 5.43 Å². The van der Waals surface area contributed by atoms with Gasteiger partial charge in [0, 0.05) is 17.7 Å². The van der Waals surface area contributed by atoms with Crippen molar-refractivity contribution in [2.45, 2.75) is 19.3 Å². The van der Waals surface area contributed by atoms with Crippen LogP contribution in [0.1, 0.15) is 24.8 Å². The molecule has 0 bridgehead atoms. The molecule has 0 aliphatic rings. The van der Waals surface area contributed by atoms with Crippen molar-refractivity contribution in [3.8, 4) is 34.3 Å². The SMILES string of the molecule is CCC(C(=O)O)c1c(-c2ccc(O)c(O)c2)oc2cc(O)cc(O)c2c1=O. The van der Waals surface area contributed by atoms with E-state index in [9.17, 15) is 35.1 Å². The first kappa shape index (κ1) is 18.1. The Hall–Kier alpha value is -3.68. The van der Waals surface area contributed by atoms with Gasteiger partial charge in [-0.1, -0.05) is 6.92 Å². The van der Waals surface area contributed by atoms with E-state index in [4.69, 9.17) is 4.42 Å². The Morgan fingerprint density at radius 1 is 1.04 bits per heavy atom. The Morgan fingerprint density at radius 2 is 1.74 bits per heavy atom. The number of hydrogen-bond donors (Lipinski definition) is 5. The zero-order valence-corrected chi connectivity index (χ0v) is 14.1. The van der Waals surface area contributed by atoms with Crippen molar-refractivity contribution in [2.75, 3.05) is 0 Å². The summed E-state index contributed by atoms with van der Waals surface area (Å²) >= 11 is 0. The molecule has 1 aromatic heterocycles. The maximum Gasteiger partial charge on any atom is 0.311 e. The van der Waals surface area contributed by atoms with Crippen molar-refractivity contribution in [3.63, 3.8) is 0 Å². The summed E-state index contributed by atoms with van der Waals surface area (Å²) in [5, 5.41) is 48.3. The van der Waals surface area contributed by atoms with Gasteiger partial charge in [0.15, 0.2) is 11.5 Å². The number of aliphatic carboxylic acids is 1. The summed E-state index contributed by atoms with van der Waals surface area (Å²) in [5.41, 5.74) is -0.958. The molecular formula is C19H16O8. The lowest BCUT2D eigenvalue weighted by molar-refractivity contribution is -0.138. The van der Waals surface area contributed by atoms with Gasteiger partial charge >= 0.3 is 5.97 Å². The summed E-state index contributed by atoms with van der Waals surface area (Å²) in [7, 11) is 0. The number of rotatable bonds is 4. The van der Waals surface area contributed by atoms with Crippen molar-refractivity contribution in [2.24, 2.45) is 0 Å². The fraction of sp³-hybridized carbons (Fsp3) is 0.158.